The van der Waals surface area contributed by atoms with Crippen LogP contribution in [-0.4, -0.2) is 43.8 Å². The average Bonchev–Trinajstić information content (AvgIpc) is 2.76. The van der Waals surface area contributed by atoms with Crippen LogP contribution in [-0.2, 0) is 16.1 Å². The van der Waals surface area contributed by atoms with E-state index in [1.165, 1.54) is 0 Å². The molecule has 1 aliphatic heterocycles. The largest absolute Gasteiger partial charge is 0.484 e. The molecule has 1 fully saturated rings. The first-order valence-corrected chi connectivity index (χ1v) is 9.68. The monoisotopic (exact) mass is 395 g/mol. The van der Waals surface area contributed by atoms with E-state index in [-0.39, 0.29) is 24.2 Å². The molecule has 0 saturated carbocycles. The van der Waals surface area contributed by atoms with Crippen LogP contribution in [0.25, 0.3) is 0 Å². The highest BCUT2D eigenvalue weighted by Crippen LogP contribution is 2.16. The van der Waals surface area contributed by atoms with Gasteiger partial charge in [-0.05, 0) is 42.0 Å². The van der Waals surface area contributed by atoms with Gasteiger partial charge < -0.3 is 20.3 Å². The van der Waals surface area contributed by atoms with E-state index in [1.54, 1.807) is 24.3 Å². The molecule has 0 radical (unpaired) electrons. The van der Waals surface area contributed by atoms with Gasteiger partial charge in [0.2, 0.25) is 5.91 Å². The van der Waals surface area contributed by atoms with E-state index >= 15 is 0 Å². The summed E-state index contributed by atoms with van der Waals surface area (Å²) < 4.78 is 5.47. The summed E-state index contributed by atoms with van der Waals surface area (Å²) in [7, 11) is 0. The minimum Gasteiger partial charge on any atom is -0.484 e. The summed E-state index contributed by atoms with van der Waals surface area (Å²) in [5, 5.41) is 5.62. The lowest BCUT2D eigenvalue weighted by Crippen LogP contribution is -2.47. The summed E-state index contributed by atoms with van der Waals surface area (Å²) in [4.78, 5) is 37.1. The number of rotatable bonds is 8. The SMILES string of the molecule is CCC(=O)c1ccc(OCC(=O)NCc2ccc(N3CCNC(=O)C3)cc2)cc1. The molecule has 1 heterocycles. The molecule has 7 nitrogen and oxygen atoms in total. The molecule has 2 N–H and O–H groups in total. The molecule has 0 bridgehead atoms. The number of carbonyl (C=O) groups is 3. The molecule has 2 amide bonds. The van der Waals surface area contributed by atoms with Crippen molar-refractivity contribution in [2.75, 3.05) is 31.1 Å². The summed E-state index contributed by atoms with van der Waals surface area (Å²) in [6.07, 6.45) is 0.455. The number of nitrogens with one attached hydrogen (secondary N) is 2. The number of amides is 2. The predicted molar refractivity (Wildman–Crippen MR) is 110 cm³/mol. The van der Waals surface area contributed by atoms with Gasteiger partial charge in [-0.3, -0.25) is 14.4 Å². The fraction of sp³-hybridized carbons (Fsp3) is 0.318. The molecule has 0 spiro atoms. The smallest absolute Gasteiger partial charge is 0.258 e. The Kier molecular flexibility index (Phi) is 6.84. The summed E-state index contributed by atoms with van der Waals surface area (Å²) in [6.45, 7) is 3.91. The van der Waals surface area contributed by atoms with Gasteiger partial charge in [0.15, 0.2) is 12.4 Å². The highest BCUT2D eigenvalue weighted by molar-refractivity contribution is 5.95. The van der Waals surface area contributed by atoms with Gasteiger partial charge in [0, 0.05) is 37.3 Å². The fourth-order valence-electron chi connectivity index (χ4n) is 3.03. The molecule has 0 atom stereocenters. The zero-order valence-electron chi connectivity index (χ0n) is 16.4. The molecule has 0 aliphatic carbocycles. The van der Waals surface area contributed by atoms with Crippen LogP contribution < -0.4 is 20.3 Å². The molecule has 0 aromatic heterocycles. The second-order valence-corrected chi connectivity index (χ2v) is 6.80. The second-order valence-electron chi connectivity index (χ2n) is 6.80. The average molecular weight is 395 g/mol. The van der Waals surface area contributed by atoms with Gasteiger partial charge in [-0.15, -0.1) is 0 Å². The number of hydrogen-bond acceptors (Lipinski definition) is 5. The van der Waals surface area contributed by atoms with Crippen molar-refractivity contribution in [3.05, 3.63) is 59.7 Å². The van der Waals surface area contributed by atoms with Gasteiger partial charge in [-0.1, -0.05) is 19.1 Å². The standard InChI is InChI=1S/C22H25N3O4/c1-2-20(26)17-5-9-19(10-6-17)29-15-22(28)24-13-16-3-7-18(8-4-16)25-12-11-23-21(27)14-25/h3-10H,2,11-15H2,1H3,(H,23,27)(H,24,28). The first-order chi connectivity index (χ1) is 14.0. The Bertz CT molecular complexity index is 863. The molecule has 29 heavy (non-hydrogen) atoms. The third-order valence-corrected chi connectivity index (χ3v) is 4.70. The highest BCUT2D eigenvalue weighted by Gasteiger charge is 2.16. The molecule has 1 saturated heterocycles. The molecule has 2 aromatic rings. The lowest BCUT2D eigenvalue weighted by molar-refractivity contribution is -0.123. The quantitative estimate of drug-likeness (QED) is 0.667. The Hall–Kier alpha value is -3.35. The fourth-order valence-corrected chi connectivity index (χ4v) is 3.03. The number of Topliss-reactive ketones (excluding diaryl/α,β-unsaturated/α-hetero) is 1. The lowest BCUT2D eigenvalue weighted by atomic mass is 10.1. The Morgan fingerprint density at radius 2 is 1.83 bits per heavy atom. The molecule has 3 rings (SSSR count). The number of piperazine rings is 1. The minimum atomic E-state index is -0.226. The third-order valence-electron chi connectivity index (χ3n) is 4.70. The van der Waals surface area contributed by atoms with Gasteiger partial charge in [-0.25, -0.2) is 0 Å². The van der Waals surface area contributed by atoms with Crippen LogP contribution in [0.1, 0.15) is 29.3 Å². The zero-order chi connectivity index (χ0) is 20.6. The Morgan fingerprint density at radius 3 is 2.48 bits per heavy atom. The molecule has 0 unspecified atom stereocenters. The van der Waals surface area contributed by atoms with Crippen molar-refractivity contribution in [3.63, 3.8) is 0 Å². The van der Waals surface area contributed by atoms with Crippen molar-refractivity contribution in [1.82, 2.24) is 10.6 Å². The molecule has 1 aliphatic rings. The zero-order valence-corrected chi connectivity index (χ0v) is 16.4. The number of benzene rings is 2. The third kappa shape index (κ3) is 5.81. The number of hydrogen-bond donors (Lipinski definition) is 2. The van der Waals surface area contributed by atoms with Crippen LogP contribution in [0.5, 0.6) is 5.75 Å². The highest BCUT2D eigenvalue weighted by atomic mass is 16.5. The Balaban J connectivity index is 1.43. The summed E-state index contributed by atoms with van der Waals surface area (Å²) >= 11 is 0. The number of ketones is 1. The number of nitrogens with zero attached hydrogens (tertiary/aromatic N) is 1. The molecule has 7 heteroatoms. The van der Waals surface area contributed by atoms with Gasteiger partial charge in [0.1, 0.15) is 5.75 Å². The van der Waals surface area contributed by atoms with E-state index in [0.717, 1.165) is 17.8 Å². The number of ether oxygens (including phenoxy) is 1. The summed E-state index contributed by atoms with van der Waals surface area (Å²) in [5.74, 6) is 0.418. The van der Waals surface area contributed by atoms with Crippen LogP contribution in [0.3, 0.4) is 0 Å². The first-order valence-electron chi connectivity index (χ1n) is 9.68. The van der Waals surface area contributed by atoms with Crippen molar-refractivity contribution >= 4 is 23.3 Å². The van der Waals surface area contributed by atoms with Gasteiger partial charge in [0.05, 0.1) is 6.54 Å². The van der Waals surface area contributed by atoms with Gasteiger partial charge >= 0.3 is 0 Å². The molecule has 2 aromatic carbocycles. The van der Waals surface area contributed by atoms with Crippen molar-refractivity contribution in [1.29, 1.82) is 0 Å². The Morgan fingerprint density at radius 1 is 1.10 bits per heavy atom. The van der Waals surface area contributed by atoms with E-state index in [2.05, 4.69) is 10.6 Å². The minimum absolute atomic E-state index is 0.0270. The van der Waals surface area contributed by atoms with E-state index in [1.807, 2.05) is 36.1 Å². The second kappa shape index (κ2) is 9.73. The van der Waals surface area contributed by atoms with Crippen LogP contribution in [0.4, 0.5) is 5.69 Å². The molecular formula is C22H25N3O4. The maximum absolute atomic E-state index is 12.0. The number of anilines is 1. The van der Waals surface area contributed by atoms with Crippen LogP contribution in [0, 0.1) is 0 Å². The van der Waals surface area contributed by atoms with Crippen molar-refractivity contribution in [2.24, 2.45) is 0 Å². The molecular weight excluding hydrogens is 370 g/mol. The van der Waals surface area contributed by atoms with E-state index in [0.29, 0.717) is 37.4 Å². The van der Waals surface area contributed by atoms with Gasteiger partial charge in [0.25, 0.3) is 5.91 Å². The van der Waals surface area contributed by atoms with Gasteiger partial charge in [-0.2, -0.15) is 0 Å². The summed E-state index contributed by atoms with van der Waals surface area (Å²) in [5.41, 5.74) is 2.59. The van der Waals surface area contributed by atoms with Crippen LogP contribution in [0.15, 0.2) is 48.5 Å². The van der Waals surface area contributed by atoms with E-state index in [4.69, 9.17) is 4.74 Å². The maximum Gasteiger partial charge on any atom is 0.258 e. The topological polar surface area (TPSA) is 87.7 Å². The van der Waals surface area contributed by atoms with Crippen molar-refractivity contribution < 1.29 is 19.1 Å². The summed E-state index contributed by atoms with van der Waals surface area (Å²) in [6, 6.07) is 14.6. The van der Waals surface area contributed by atoms with Crippen molar-refractivity contribution in [3.8, 4) is 5.75 Å². The first kappa shape index (κ1) is 20.4. The van der Waals surface area contributed by atoms with Crippen LogP contribution in [0.2, 0.25) is 0 Å². The Labute approximate surface area is 170 Å². The maximum atomic E-state index is 12.0. The lowest BCUT2D eigenvalue weighted by Gasteiger charge is -2.28. The van der Waals surface area contributed by atoms with E-state index < -0.39 is 0 Å². The van der Waals surface area contributed by atoms with Crippen LogP contribution >= 0.6 is 0 Å². The molecule has 152 valence electrons. The normalized spacial score (nSPS) is 13.6. The van der Waals surface area contributed by atoms with Crippen molar-refractivity contribution in [2.45, 2.75) is 19.9 Å². The van der Waals surface area contributed by atoms with E-state index in [9.17, 15) is 14.4 Å². The predicted octanol–water partition coefficient (Wildman–Crippen LogP) is 1.91. The number of carbonyl (C=O) groups excluding carboxylic acids is 3.